The van der Waals surface area contributed by atoms with E-state index in [1.165, 1.54) is 0 Å². The second-order valence-corrected chi connectivity index (χ2v) is 5.22. The van der Waals surface area contributed by atoms with Crippen LogP contribution in [0.1, 0.15) is 12.0 Å². The van der Waals surface area contributed by atoms with Crippen molar-refractivity contribution in [2.45, 2.75) is 6.42 Å². The van der Waals surface area contributed by atoms with Gasteiger partial charge in [-0.15, -0.1) is 0 Å². The number of aromatic nitrogens is 1. The molecule has 1 atom stereocenters. The number of hydrogen-bond acceptors (Lipinski definition) is 5. The number of halogens is 1. The van der Waals surface area contributed by atoms with Crippen LogP contribution < -0.4 is 10.6 Å². The van der Waals surface area contributed by atoms with Gasteiger partial charge in [0.05, 0.1) is 5.69 Å². The molecule has 0 saturated carbocycles. The van der Waals surface area contributed by atoms with E-state index in [2.05, 4.69) is 33.5 Å². The van der Waals surface area contributed by atoms with Crippen LogP contribution in [0.2, 0.25) is 0 Å². The van der Waals surface area contributed by atoms with Crippen molar-refractivity contribution in [3.63, 3.8) is 0 Å². The van der Waals surface area contributed by atoms with E-state index in [-0.39, 0.29) is 17.4 Å². The summed E-state index contributed by atoms with van der Waals surface area (Å²) in [5.74, 6) is 1.39. The maximum Gasteiger partial charge on any atom is 0.228 e. The Balaban J connectivity index is 2.36. The highest BCUT2D eigenvalue weighted by Gasteiger charge is 2.31. The van der Waals surface area contributed by atoms with E-state index >= 15 is 0 Å². The third kappa shape index (κ3) is 2.31. The van der Waals surface area contributed by atoms with Crippen LogP contribution in [-0.4, -0.2) is 23.2 Å². The molecule has 18 heavy (non-hydrogen) atoms. The van der Waals surface area contributed by atoms with Gasteiger partial charge in [-0.1, -0.05) is 0 Å². The second-order valence-electron chi connectivity index (χ2n) is 4.10. The first-order chi connectivity index (χ1) is 8.56. The first-order valence-corrected chi connectivity index (χ1v) is 6.76. The zero-order valence-electron chi connectivity index (χ0n) is 9.43. The Hall–Kier alpha value is -1.26. The van der Waals surface area contributed by atoms with E-state index in [0.717, 1.165) is 0 Å². The van der Waals surface area contributed by atoms with Gasteiger partial charge in [0.2, 0.25) is 5.91 Å². The lowest BCUT2D eigenvalue weighted by Crippen LogP contribution is -2.26. The molecule has 0 spiro atoms. The van der Waals surface area contributed by atoms with E-state index < -0.39 is 0 Å². The normalized spacial score (nSPS) is 19.1. The third-order valence-corrected chi connectivity index (χ3v) is 3.93. The Bertz CT molecular complexity index is 519. The molecule has 1 aromatic rings. The predicted molar refractivity (Wildman–Crippen MR) is 75.4 cm³/mol. The Morgan fingerprint density at radius 3 is 2.94 bits per heavy atom. The predicted octanol–water partition coefficient (Wildman–Crippen LogP) is 1.58. The molecule has 94 valence electrons. The highest BCUT2D eigenvalue weighted by Crippen LogP contribution is 2.29. The van der Waals surface area contributed by atoms with Gasteiger partial charge in [-0.05, 0) is 27.6 Å². The molecule has 1 amide bonds. The monoisotopic (exact) mass is 326 g/mol. The minimum absolute atomic E-state index is 0.0116. The van der Waals surface area contributed by atoms with Crippen molar-refractivity contribution in [1.29, 1.82) is 5.26 Å². The highest BCUT2D eigenvalue weighted by molar-refractivity contribution is 9.10. The summed E-state index contributed by atoms with van der Waals surface area (Å²) in [4.78, 5) is 17.6. The van der Waals surface area contributed by atoms with E-state index in [0.29, 0.717) is 34.8 Å². The number of nitriles is 1. The van der Waals surface area contributed by atoms with Crippen LogP contribution in [0.25, 0.3) is 0 Å². The van der Waals surface area contributed by atoms with E-state index in [1.807, 2.05) is 6.07 Å². The first kappa shape index (κ1) is 13.2. The number of rotatable bonds is 2. The van der Waals surface area contributed by atoms with Crippen molar-refractivity contribution in [3.8, 4) is 6.07 Å². The van der Waals surface area contributed by atoms with E-state index in [1.54, 1.807) is 11.0 Å². The van der Waals surface area contributed by atoms with Crippen molar-refractivity contribution in [1.82, 2.24) is 4.98 Å². The summed E-state index contributed by atoms with van der Waals surface area (Å²) in [5.41, 5.74) is 6.37. The molecular formula is C11H11BrN4OS. The van der Waals surface area contributed by atoms with Crippen molar-refractivity contribution >= 4 is 46.0 Å². The third-order valence-electron chi connectivity index (χ3n) is 2.84. The lowest BCUT2D eigenvalue weighted by Gasteiger charge is -2.16. The maximum absolute atomic E-state index is 11.9. The van der Waals surface area contributed by atoms with Gasteiger partial charge in [-0.2, -0.15) is 17.9 Å². The summed E-state index contributed by atoms with van der Waals surface area (Å²) in [5, 5.41) is 8.90. The zero-order chi connectivity index (χ0) is 13.3. The molecule has 5 nitrogen and oxygen atoms in total. The fourth-order valence-corrected chi connectivity index (χ4v) is 2.64. The van der Waals surface area contributed by atoms with Crippen molar-refractivity contribution < 1.29 is 4.79 Å². The van der Waals surface area contributed by atoms with Crippen molar-refractivity contribution in [2.75, 3.05) is 22.9 Å². The summed E-state index contributed by atoms with van der Waals surface area (Å²) in [6, 6.07) is 3.52. The summed E-state index contributed by atoms with van der Waals surface area (Å²) in [6.07, 6.45) is 0.475. The number of anilines is 2. The summed E-state index contributed by atoms with van der Waals surface area (Å²) >= 11 is 7.40. The molecule has 1 aliphatic rings. The molecule has 0 aliphatic carbocycles. The summed E-state index contributed by atoms with van der Waals surface area (Å²) < 4.78 is 0.363. The molecule has 2 rings (SSSR count). The molecule has 0 bridgehead atoms. The van der Waals surface area contributed by atoms with Crippen LogP contribution in [0.3, 0.4) is 0 Å². The van der Waals surface area contributed by atoms with Gasteiger partial charge in [0.1, 0.15) is 22.1 Å². The molecule has 1 aliphatic heterocycles. The minimum Gasteiger partial charge on any atom is -0.397 e. The molecule has 2 heterocycles. The minimum atomic E-state index is 0.0116. The quantitative estimate of drug-likeness (QED) is 0.638. The van der Waals surface area contributed by atoms with Crippen LogP contribution in [-0.2, 0) is 4.79 Å². The molecular weight excluding hydrogens is 316 g/mol. The topological polar surface area (TPSA) is 83.0 Å². The smallest absolute Gasteiger partial charge is 0.228 e. The van der Waals surface area contributed by atoms with Gasteiger partial charge in [-0.3, -0.25) is 9.69 Å². The number of carbonyl (C=O) groups excluding carboxylic acids is 1. The number of nitrogens with zero attached hydrogens (tertiary/aromatic N) is 3. The van der Waals surface area contributed by atoms with Gasteiger partial charge >= 0.3 is 0 Å². The molecule has 1 fully saturated rings. The van der Waals surface area contributed by atoms with Gasteiger partial charge in [0, 0.05) is 19.0 Å². The van der Waals surface area contributed by atoms with E-state index in [4.69, 9.17) is 11.0 Å². The molecule has 0 radical (unpaired) electrons. The highest BCUT2D eigenvalue weighted by atomic mass is 79.9. The average Bonchev–Trinajstić information content (AvgIpc) is 2.70. The molecule has 1 aromatic heterocycles. The number of pyridine rings is 1. The van der Waals surface area contributed by atoms with Crippen LogP contribution in [0.4, 0.5) is 11.5 Å². The first-order valence-electron chi connectivity index (χ1n) is 5.34. The van der Waals surface area contributed by atoms with E-state index in [9.17, 15) is 4.79 Å². The van der Waals surface area contributed by atoms with Crippen LogP contribution in [0.5, 0.6) is 0 Å². The Labute approximate surface area is 119 Å². The maximum atomic E-state index is 11.9. The number of hydrogen-bond donors (Lipinski definition) is 2. The van der Waals surface area contributed by atoms with Crippen LogP contribution in [0, 0.1) is 17.2 Å². The van der Waals surface area contributed by atoms with Gasteiger partial charge < -0.3 is 5.73 Å². The summed E-state index contributed by atoms with van der Waals surface area (Å²) in [7, 11) is 0. The molecule has 1 unspecified atom stereocenters. The van der Waals surface area contributed by atoms with Crippen molar-refractivity contribution in [3.05, 3.63) is 16.2 Å². The Kier molecular flexibility index (Phi) is 3.78. The largest absolute Gasteiger partial charge is 0.397 e. The Morgan fingerprint density at radius 2 is 2.44 bits per heavy atom. The van der Waals surface area contributed by atoms with Crippen LogP contribution >= 0.6 is 28.6 Å². The van der Waals surface area contributed by atoms with Crippen LogP contribution in [0.15, 0.2) is 10.7 Å². The fourth-order valence-electron chi connectivity index (χ4n) is 1.89. The SMILES string of the molecule is N#Cc1c(N)cc(N2CC(CS)CC2=O)nc1Br. The molecule has 7 heteroatoms. The lowest BCUT2D eigenvalue weighted by molar-refractivity contribution is -0.117. The van der Waals surface area contributed by atoms with Crippen molar-refractivity contribution in [2.24, 2.45) is 5.92 Å². The number of nitrogen functional groups attached to an aromatic ring is 1. The number of nitrogens with two attached hydrogens (primary N) is 1. The lowest BCUT2D eigenvalue weighted by atomic mass is 10.1. The van der Waals surface area contributed by atoms with Gasteiger partial charge in [-0.25, -0.2) is 4.98 Å². The second kappa shape index (κ2) is 5.16. The number of thiol groups is 1. The standard InChI is InChI=1S/C11H11BrN4OS/c12-11-7(3-13)8(14)2-9(15-11)16-4-6(5-18)1-10(16)17/h2,6,18H,1,4-5H2,(H2,14,15). The van der Waals surface area contributed by atoms with Gasteiger partial charge in [0.15, 0.2) is 0 Å². The summed E-state index contributed by atoms with van der Waals surface area (Å²) in [6.45, 7) is 0.590. The zero-order valence-corrected chi connectivity index (χ0v) is 11.9. The molecule has 2 N–H and O–H groups in total. The molecule has 0 aromatic carbocycles. The average molecular weight is 327 g/mol. The molecule has 1 saturated heterocycles. The van der Waals surface area contributed by atoms with Gasteiger partial charge in [0.25, 0.3) is 0 Å². The number of amides is 1. The Morgan fingerprint density at radius 1 is 1.72 bits per heavy atom. The number of carbonyl (C=O) groups is 1. The fraction of sp³-hybridized carbons (Fsp3) is 0.364.